The number of rotatable bonds is 3. The Bertz CT molecular complexity index is 792. The van der Waals surface area contributed by atoms with Gasteiger partial charge in [0.2, 0.25) is 0 Å². The highest BCUT2D eigenvalue weighted by atomic mass is 32.1. The number of hydrogen-bond donors (Lipinski definition) is 1. The number of aromatic nitrogens is 2. The Morgan fingerprint density at radius 3 is 2.90 bits per heavy atom. The summed E-state index contributed by atoms with van der Waals surface area (Å²) >= 11 is 1.61. The van der Waals surface area contributed by atoms with Gasteiger partial charge in [-0.1, -0.05) is 18.2 Å². The van der Waals surface area contributed by atoms with Crippen LogP contribution in [0.3, 0.4) is 0 Å². The molecular weight excluding hydrogens is 270 g/mol. The molecule has 0 saturated heterocycles. The average Bonchev–Trinajstić information content (AvgIpc) is 2.99. The second-order valence-electron chi connectivity index (χ2n) is 4.71. The highest BCUT2D eigenvalue weighted by Crippen LogP contribution is 2.26. The number of pyridine rings is 1. The summed E-state index contributed by atoms with van der Waals surface area (Å²) in [6, 6.07) is 9.61. The molecule has 4 nitrogen and oxygen atoms in total. The molecule has 1 N–H and O–H groups in total. The Hall–Kier alpha value is -2.14. The fraction of sp³-hybridized carbons (Fsp3) is 0.200. The van der Waals surface area contributed by atoms with Gasteiger partial charge in [0.15, 0.2) is 0 Å². The minimum atomic E-state index is -0.0162. The molecule has 0 aliphatic rings. The predicted octanol–water partition coefficient (Wildman–Crippen LogP) is 3.17. The minimum absolute atomic E-state index is 0.0162. The molecule has 5 heteroatoms. The maximum Gasteiger partial charge on any atom is 0.252 e. The molecule has 0 spiro atoms. The molecule has 0 fully saturated rings. The summed E-state index contributed by atoms with van der Waals surface area (Å²) in [5, 5.41) is 7.39. The van der Waals surface area contributed by atoms with Gasteiger partial charge in [-0.2, -0.15) is 0 Å². The van der Waals surface area contributed by atoms with Crippen LogP contribution in [-0.4, -0.2) is 9.55 Å². The van der Waals surface area contributed by atoms with E-state index in [-0.39, 0.29) is 11.6 Å². The zero-order valence-electron chi connectivity index (χ0n) is 11.3. The van der Waals surface area contributed by atoms with E-state index in [9.17, 15) is 4.79 Å². The third kappa shape index (κ3) is 2.20. The molecule has 1 aromatic carbocycles. The zero-order valence-corrected chi connectivity index (χ0v) is 12.1. The summed E-state index contributed by atoms with van der Waals surface area (Å²) in [6.07, 6.45) is 1.79. The number of hydrogen-bond acceptors (Lipinski definition) is 4. The van der Waals surface area contributed by atoms with Crippen LogP contribution in [0.15, 0.2) is 46.7 Å². The molecule has 1 unspecified atom stereocenters. The van der Waals surface area contributed by atoms with Gasteiger partial charge in [0.25, 0.3) is 5.56 Å². The lowest BCUT2D eigenvalue weighted by Crippen LogP contribution is -2.18. The van der Waals surface area contributed by atoms with Gasteiger partial charge in [0.1, 0.15) is 5.01 Å². The fourth-order valence-corrected chi connectivity index (χ4v) is 2.92. The second-order valence-corrected chi connectivity index (χ2v) is 5.63. The topological polar surface area (TPSA) is 46.9 Å². The smallest absolute Gasteiger partial charge is 0.252 e. The molecule has 2 aromatic heterocycles. The van der Waals surface area contributed by atoms with E-state index in [1.807, 2.05) is 36.6 Å². The average molecular weight is 285 g/mol. The van der Waals surface area contributed by atoms with Crippen LogP contribution in [0.25, 0.3) is 10.9 Å². The van der Waals surface area contributed by atoms with Crippen LogP contribution in [0.4, 0.5) is 5.69 Å². The van der Waals surface area contributed by atoms with E-state index in [4.69, 9.17) is 0 Å². The fourth-order valence-electron chi connectivity index (χ4n) is 2.27. The van der Waals surface area contributed by atoms with Crippen molar-refractivity contribution in [2.75, 3.05) is 5.32 Å². The number of nitrogens with zero attached hydrogens (tertiary/aromatic N) is 2. The summed E-state index contributed by atoms with van der Waals surface area (Å²) in [5.41, 5.74) is 1.76. The first-order valence-electron chi connectivity index (χ1n) is 6.41. The SMILES string of the molecule is CC(Nc1cc(=O)n(C)c2ccccc12)c1nccs1. The summed E-state index contributed by atoms with van der Waals surface area (Å²) in [7, 11) is 1.79. The third-order valence-corrected chi connectivity index (χ3v) is 4.31. The van der Waals surface area contributed by atoms with Crippen LogP contribution in [0.2, 0.25) is 0 Å². The van der Waals surface area contributed by atoms with Crippen molar-refractivity contribution in [3.05, 3.63) is 57.3 Å². The van der Waals surface area contributed by atoms with Crippen molar-refractivity contribution in [2.45, 2.75) is 13.0 Å². The zero-order chi connectivity index (χ0) is 14.1. The molecule has 1 atom stereocenters. The number of para-hydroxylation sites is 1. The number of anilines is 1. The van der Waals surface area contributed by atoms with Crippen molar-refractivity contribution in [3.63, 3.8) is 0 Å². The Kier molecular flexibility index (Phi) is 3.28. The van der Waals surface area contributed by atoms with Crippen molar-refractivity contribution >= 4 is 27.9 Å². The number of aryl methyl sites for hydroxylation is 1. The standard InChI is InChI=1S/C15H15N3OS/c1-10(15-16-7-8-20-15)17-12-9-14(19)18(2)13-6-4-3-5-11(12)13/h3-10,17H,1-2H3. The van der Waals surface area contributed by atoms with Crippen LogP contribution in [0.1, 0.15) is 18.0 Å². The summed E-state index contributed by atoms with van der Waals surface area (Å²) in [6.45, 7) is 2.05. The Morgan fingerprint density at radius 1 is 1.35 bits per heavy atom. The molecule has 3 rings (SSSR count). The molecule has 0 radical (unpaired) electrons. The number of nitrogens with one attached hydrogen (secondary N) is 1. The lowest BCUT2D eigenvalue weighted by Gasteiger charge is -2.16. The van der Waals surface area contributed by atoms with Gasteiger partial charge in [0, 0.05) is 35.8 Å². The van der Waals surface area contributed by atoms with Crippen molar-refractivity contribution in [1.82, 2.24) is 9.55 Å². The molecule has 0 amide bonds. The van der Waals surface area contributed by atoms with Gasteiger partial charge in [-0.3, -0.25) is 4.79 Å². The van der Waals surface area contributed by atoms with Crippen molar-refractivity contribution in [3.8, 4) is 0 Å². The van der Waals surface area contributed by atoms with Crippen LogP contribution >= 0.6 is 11.3 Å². The normalized spacial score (nSPS) is 12.5. The second kappa shape index (κ2) is 5.09. The molecule has 0 aliphatic carbocycles. The highest BCUT2D eigenvalue weighted by Gasteiger charge is 2.11. The number of benzene rings is 1. The molecular formula is C15H15N3OS. The monoisotopic (exact) mass is 285 g/mol. The lowest BCUT2D eigenvalue weighted by atomic mass is 10.1. The van der Waals surface area contributed by atoms with Crippen LogP contribution in [-0.2, 0) is 7.05 Å². The van der Waals surface area contributed by atoms with Crippen molar-refractivity contribution in [1.29, 1.82) is 0 Å². The quantitative estimate of drug-likeness (QED) is 0.804. The molecule has 20 heavy (non-hydrogen) atoms. The van der Waals surface area contributed by atoms with E-state index in [1.54, 1.807) is 35.2 Å². The Morgan fingerprint density at radius 2 is 2.15 bits per heavy atom. The summed E-state index contributed by atoms with van der Waals surface area (Å²) in [4.78, 5) is 16.3. The van der Waals surface area contributed by atoms with Gasteiger partial charge in [0.05, 0.1) is 11.6 Å². The largest absolute Gasteiger partial charge is 0.375 e. The van der Waals surface area contributed by atoms with Crippen molar-refractivity contribution < 1.29 is 0 Å². The lowest BCUT2D eigenvalue weighted by molar-refractivity contribution is 0.863. The van der Waals surface area contributed by atoms with Gasteiger partial charge < -0.3 is 9.88 Å². The maximum absolute atomic E-state index is 12.0. The van der Waals surface area contributed by atoms with E-state index in [0.29, 0.717) is 0 Å². The van der Waals surface area contributed by atoms with Gasteiger partial charge >= 0.3 is 0 Å². The first kappa shape index (κ1) is 12.9. The van der Waals surface area contributed by atoms with Crippen LogP contribution in [0.5, 0.6) is 0 Å². The Balaban J connectivity index is 2.08. The van der Waals surface area contributed by atoms with Crippen LogP contribution in [0, 0.1) is 0 Å². The van der Waals surface area contributed by atoms with E-state index in [2.05, 4.69) is 10.3 Å². The van der Waals surface area contributed by atoms with E-state index in [1.165, 1.54) is 0 Å². The van der Waals surface area contributed by atoms with Gasteiger partial charge in [-0.25, -0.2) is 4.98 Å². The molecule has 3 aromatic rings. The molecule has 0 bridgehead atoms. The van der Waals surface area contributed by atoms with E-state index < -0.39 is 0 Å². The summed E-state index contributed by atoms with van der Waals surface area (Å²) < 4.78 is 1.66. The highest BCUT2D eigenvalue weighted by molar-refractivity contribution is 7.09. The van der Waals surface area contributed by atoms with Crippen LogP contribution < -0.4 is 10.9 Å². The number of thiazole rings is 1. The molecule has 102 valence electrons. The third-order valence-electron chi connectivity index (χ3n) is 3.35. The van der Waals surface area contributed by atoms with Gasteiger partial charge in [-0.15, -0.1) is 11.3 Å². The first-order chi connectivity index (χ1) is 9.66. The molecule has 0 saturated carbocycles. The predicted molar refractivity (Wildman–Crippen MR) is 83.3 cm³/mol. The van der Waals surface area contributed by atoms with E-state index in [0.717, 1.165) is 21.6 Å². The van der Waals surface area contributed by atoms with Crippen molar-refractivity contribution in [2.24, 2.45) is 7.05 Å². The maximum atomic E-state index is 12.0. The number of fused-ring (bicyclic) bond motifs is 1. The van der Waals surface area contributed by atoms with Gasteiger partial charge in [-0.05, 0) is 13.0 Å². The minimum Gasteiger partial charge on any atom is -0.375 e. The Labute approximate surface area is 120 Å². The molecule has 0 aliphatic heterocycles. The first-order valence-corrected chi connectivity index (χ1v) is 7.29. The van der Waals surface area contributed by atoms with E-state index >= 15 is 0 Å². The molecule has 2 heterocycles. The summed E-state index contributed by atoms with van der Waals surface area (Å²) in [5.74, 6) is 0.